The van der Waals surface area contributed by atoms with Gasteiger partial charge in [-0.05, 0) is 31.0 Å². The van der Waals surface area contributed by atoms with E-state index in [0.717, 1.165) is 31.9 Å². The third-order valence-corrected chi connectivity index (χ3v) is 3.33. The number of halogens is 1. The van der Waals surface area contributed by atoms with Crippen molar-refractivity contribution in [2.75, 3.05) is 26.3 Å². The second-order valence-electron chi connectivity index (χ2n) is 4.55. The van der Waals surface area contributed by atoms with Crippen molar-refractivity contribution in [1.82, 2.24) is 5.32 Å². The van der Waals surface area contributed by atoms with Crippen LogP contribution in [-0.2, 0) is 11.2 Å². The van der Waals surface area contributed by atoms with Gasteiger partial charge in [-0.25, -0.2) is 0 Å². The minimum Gasteiger partial charge on any atom is -0.488 e. The third kappa shape index (κ3) is 4.53. The van der Waals surface area contributed by atoms with E-state index in [9.17, 15) is 0 Å². The number of hydrogen-bond acceptors (Lipinski definition) is 3. The Bertz CT molecular complexity index is 428. The standard InChI is InChI=1S/C15H20ClNO2/c1-2-3-7-19-15-5-4-12(10-14(15)16)9-13-11-17-6-8-18-13/h2-5,10,13,17H,6-9,11H2,1H3/b3-2+/t13-/m1/s1. The van der Waals surface area contributed by atoms with E-state index in [1.165, 1.54) is 5.56 Å². The first-order chi connectivity index (χ1) is 9.29. The number of morpholine rings is 1. The van der Waals surface area contributed by atoms with Gasteiger partial charge in [0.15, 0.2) is 0 Å². The van der Waals surface area contributed by atoms with Crippen molar-refractivity contribution in [2.24, 2.45) is 0 Å². The fourth-order valence-electron chi connectivity index (χ4n) is 2.04. The molecule has 104 valence electrons. The van der Waals surface area contributed by atoms with Crippen LogP contribution >= 0.6 is 11.6 Å². The summed E-state index contributed by atoms with van der Waals surface area (Å²) in [5.74, 6) is 0.728. The number of ether oxygens (including phenoxy) is 2. The van der Waals surface area contributed by atoms with E-state index >= 15 is 0 Å². The fourth-order valence-corrected chi connectivity index (χ4v) is 2.29. The number of hydrogen-bond donors (Lipinski definition) is 1. The molecule has 19 heavy (non-hydrogen) atoms. The number of allylic oxidation sites excluding steroid dienone is 1. The Hall–Kier alpha value is -1.03. The average molecular weight is 282 g/mol. The van der Waals surface area contributed by atoms with Crippen molar-refractivity contribution in [3.05, 3.63) is 40.9 Å². The summed E-state index contributed by atoms with van der Waals surface area (Å²) >= 11 is 6.22. The Morgan fingerprint density at radius 3 is 3.11 bits per heavy atom. The first-order valence-electron chi connectivity index (χ1n) is 6.64. The van der Waals surface area contributed by atoms with Gasteiger partial charge in [-0.15, -0.1) is 0 Å². The maximum atomic E-state index is 6.22. The maximum absolute atomic E-state index is 6.22. The lowest BCUT2D eigenvalue weighted by atomic mass is 10.1. The Kier molecular flexibility index (Phi) is 5.70. The summed E-state index contributed by atoms with van der Waals surface area (Å²) in [6.07, 6.45) is 5.02. The monoisotopic (exact) mass is 281 g/mol. The summed E-state index contributed by atoms with van der Waals surface area (Å²) in [6.45, 7) is 5.13. The minimum atomic E-state index is 0.236. The lowest BCUT2D eigenvalue weighted by molar-refractivity contribution is 0.0292. The van der Waals surface area contributed by atoms with Crippen LogP contribution in [0.2, 0.25) is 5.02 Å². The molecule has 1 fully saturated rings. The normalized spacial score (nSPS) is 19.8. The topological polar surface area (TPSA) is 30.5 Å². The summed E-state index contributed by atoms with van der Waals surface area (Å²) in [5.41, 5.74) is 1.18. The Balaban J connectivity index is 1.93. The van der Waals surface area contributed by atoms with Crippen LogP contribution in [0, 0.1) is 0 Å². The number of rotatable bonds is 5. The molecule has 4 heteroatoms. The lowest BCUT2D eigenvalue weighted by Gasteiger charge is -2.23. The molecule has 0 amide bonds. The zero-order valence-electron chi connectivity index (χ0n) is 11.2. The average Bonchev–Trinajstić information content (AvgIpc) is 2.43. The maximum Gasteiger partial charge on any atom is 0.138 e. The first kappa shape index (κ1) is 14.4. The highest BCUT2D eigenvalue weighted by atomic mass is 35.5. The molecule has 1 atom stereocenters. The molecule has 1 aliphatic heterocycles. The van der Waals surface area contributed by atoms with Gasteiger partial charge in [0.1, 0.15) is 12.4 Å². The van der Waals surface area contributed by atoms with Crippen LogP contribution in [0.15, 0.2) is 30.4 Å². The minimum absolute atomic E-state index is 0.236. The summed E-state index contributed by atoms with van der Waals surface area (Å²) < 4.78 is 11.2. The van der Waals surface area contributed by atoms with Crippen LogP contribution in [0.25, 0.3) is 0 Å². The van der Waals surface area contributed by atoms with Crippen molar-refractivity contribution < 1.29 is 9.47 Å². The van der Waals surface area contributed by atoms with E-state index in [1.807, 2.05) is 31.2 Å². The largest absolute Gasteiger partial charge is 0.488 e. The van der Waals surface area contributed by atoms with Crippen LogP contribution in [0.4, 0.5) is 0 Å². The Morgan fingerprint density at radius 2 is 2.42 bits per heavy atom. The molecule has 1 aromatic rings. The van der Waals surface area contributed by atoms with Crippen molar-refractivity contribution >= 4 is 11.6 Å². The fraction of sp³-hybridized carbons (Fsp3) is 0.467. The van der Waals surface area contributed by atoms with Gasteiger partial charge in [0.2, 0.25) is 0 Å². The molecule has 1 N–H and O–H groups in total. The van der Waals surface area contributed by atoms with E-state index in [2.05, 4.69) is 11.4 Å². The van der Waals surface area contributed by atoms with Gasteiger partial charge >= 0.3 is 0 Å². The van der Waals surface area contributed by atoms with Crippen LogP contribution in [0.1, 0.15) is 12.5 Å². The molecule has 0 aromatic heterocycles. The Labute approximate surface area is 119 Å². The zero-order valence-corrected chi connectivity index (χ0v) is 12.0. The highest BCUT2D eigenvalue weighted by Gasteiger charge is 2.14. The van der Waals surface area contributed by atoms with Crippen LogP contribution < -0.4 is 10.1 Å². The summed E-state index contributed by atoms with van der Waals surface area (Å²) in [4.78, 5) is 0. The van der Waals surface area contributed by atoms with E-state index in [4.69, 9.17) is 21.1 Å². The van der Waals surface area contributed by atoms with Gasteiger partial charge in [-0.1, -0.05) is 29.8 Å². The quantitative estimate of drug-likeness (QED) is 0.842. The van der Waals surface area contributed by atoms with Crippen molar-refractivity contribution in [2.45, 2.75) is 19.4 Å². The predicted octanol–water partition coefficient (Wildman–Crippen LogP) is 2.83. The summed E-state index contributed by atoms with van der Waals surface area (Å²) in [7, 11) is 0. The second kappa shape index (κ2) is 7.53. The molecule has 2 rings (SSSR count). The van der Waals surface area contributed by atoms with Crippen molar-refractivity contribution in [3.63, 3.8) is 0 Å². The smallest absolute Gasteiger partial charge is 0.138 e. The van der Waals surface area contributed by atoms with Gasteiger partial charge in [0.05, 0.1) is 17.7 Å². The van der Waals surface area contributed by atoms with Gasteiger partial charge in [0.25, 0.3) is 0 Å². The molecule has 0 radical (unpaired) electrons. The number of nitrogens with one attached hydrogen (secondary N) is 1. The van der Waals surface area contributed by atoms with E-state index in [1.54, 1.807) is 0 Å². The SMILES string of the molecule is C/C=C/COc1ccc(C[C@@H]2CNCCO2)cc1Cl. The molecule has 0 aliphatic carbocycles. The van der Waals surface area contributed by atoms with Crippen LogP contribution in [0.3, 0.4) is 0 Å². The first-order valence-corrected chi connectivity index (χ1v) is 7.02. The molecule has 1 aliphatic rings. The van der Waals surface area contributed by atoms with E-state index in [0.29, 0.717) is 11.6 Å². The highest BCUT2D eigenvalue weighted by molar-refractivity contribution is 6.32. The molecule has 0 unspecified atom stereocenters. The third-order valence-electron chi connectivity index (χ3n) is 3.03. The van der Waals surface area contributed by atoms with Gasteiger partial charge in [0, 0.05) is 13.1 Å². The molecule has 3 nitrogen and oxygen atoms in total. The Morgan fingerprint density at radius 1 is 1.53 bits per heavy atom. The lowest BCUT2D eigenvalue weighted by Crippen LogP contribution is -2.39. The molecule has 0 bridgehead atoms. The van der Waals surface area contributed by atoms with Crippen molar-refractivity contribution in [1.29, 1.82) is 0 Å². The second-order valence-corrected chi connectivity index (χ2v) is 4.95. The van der Waals surface area contributed by atoms with Crippen molar-refractivity contribution in [3.8, 4) is 5.75 Å². The molecule has 0 saturated carbocycles. The van der Waals surface area contributed by atoms with E-state index in [-0.39, 0.29) is 6.10 Å². The highest BCUT2D eigenvalue weighted by Crippen LogP contribution is 2.26. The summed E-state index contributed by atoms with van der Waals surface area (Å²) in [6, 6.07) is 5.94. The van der Waals surface area contributed by atoms with E-state index < -0.39 is 0 Å². The molecular formula is C15H20ClNO2. The van der Waals surface area contributed by atoms with Gasteiger partial charge in [-0.3, -0.25) is 0 Å². The summed E-state index contributed by atoms with van der Waals surface area (Å²) in [5, 5.41) is 3.98. The van der Waals surface area contributed by atoms with Crippen LogP contribution in [-0.4, -0.2) is 32.4 Å². The predicted molar refractivity (Wildman–Crippen MR) is 78.1 cm³/mol. The zero-order chi connectivity index (χ0) is 13.5. The molecule has 1 saturated heterocycles. The van der Waals surface area contributed by atoms with Gasteiger partial charge < -0.3 is 14.8 Å². The van der Waals surface area contributed by atoms with Crippen LogP contribution in [0.5, 0.6) is 5.75 Å². The van der Waals surface area contributed by atoms with Gasteiger partial charge in [-0.2, -0.15) is 0 Å². The molecule has 0 spiro atoms. The number of benzene rings is 1. The molecular weight excluding hydrogens is 262 g/mol. The molecule has 1 aromatic carbocycles. The molecule has 1 heterocycles.